The number of carbonyl (C=O) groups excluding carboxylic acids is 1. The molecule has 0 heterocycles. The van der Waals surface area contributed by atoms with Gasteiger partial charge in [-0.1, -0.05) is 12.0 Å². The summed E-state index contributed by atoms with van der Waals surface area (Å²) in [5.74, 6) is 4.41. The van der Waals surface area contributed by atoms with Crippen molar-refractivity contribution in [3.05, 3.63) is 29.8 Å². The van der Waals surface area contributed by atoms with E-state index in [0.29, 0.717) is 5.56 Å². The van der Waals surface area contributed by atoms with Crippen molar-refractivity contribution in [3.8, 4) is 11.8 Å². The number of nitrogens with two attached hydrogens (primary N) is 1. The van der Waals surface area contributed by atoms with Crippen LogP contribution in [0, 0.1) is 11.8 Å². The number of anilines is 1. The SMILES string of the molecule is COC(=O)C#Cc1cccc(NC(N)=S)c1. The van der Waals surface area contributed by atoms with E-state index in [1.807, 2.05) is 0 Å². The van der Waals surface area contributed by atoms with Gasteiger partial charge in [-0.3, -0.25) is 0 Å². The molecular weight excluding hydrogens is 224 g/mol. The smallest absolute Gasteiger partial charge is 0.384 e. The molecule has 0 fully saturated rings. The van der Waals surface area contributed by atoms with Crippen LogP contribution in [0.15, 0.2) is 24.3 Å². The number of rotatable bonds is 1. The minimum atomic E-state index is -0.576. The third kappa shape index (κ3) is 3.98. The molecule has 0 aliphatic carbocycles. The first-order valence-electron chi connectivity index (χ1n) is 4.38. The molecule has 0 aliphatic rings. The van der Waals surface area contributed by atoms with Gasteiger partial charge in [0, 0.05) is 17.2 Å². The van der Waals surface area contributed by atoms with Crippen molar-refractivity contribution in [1.82, 2.24) is 0 Å². The third-order valence-electron chi connectivity index (χ3n) is 1.62. The van der Waals surface area contributed by atoms with Crippen LogP contribution in [0.2, 0.25) is 0 Å². The lowest BCUT2D eigenvalue weighted by atomic mass is 10.2. The van der Waals surface area contributed by atoms with Gasteiger partial charge in [0.15, 0.2) is 5.11 Å². The Balaban J connectivity index is 2.85. The second-order valence-corrected chi connectivity index (χ2v) is 3.25. The minimum absolute atomic E-state index is 0.179. The molecule has 1 aromatic rings. The van der Waals surface area contributed by atoms with Crippen LogP contribution in [-0.4, -0.2) is 18.2 Å². The van der Waals surface area contributed by atoms with Gasteiger partial charge in [0.25, 0.3) is 0 Å². The molecule has 0 aromatic heterocycles. The van der Waals surface area contributed by atoms with Crippen LogP contribution in [0.25, 0.3) is 0 Å². The van der Waals surface area contributed by atoms with E-state index in [4.69, 9.17) is 18.0 Å². The van der Waals surface area contributed by atoms with Gasteiger partial charge >= 0.3 is 5.97 Å². The fourth-order valence-corrected chi connectivity index (χ4v) is 1.11. The molecular formula is C11H10N2O2S. The first kappa shape index (κ1) is 12.0. The summed E-state index contributed by atoms with van der Waals surface area (Å²) in [6.45, 7) is 0. The summed E-state index contributed by atoms with van der Waals surface area (Å²) in [5, 5.41) is 2.95. The number of esters is 1. The van der Waals surface area contributed by atoms with Gasteiger partial charge < -0.3 is 15.8 Å². The Morgan fingerprint density at radius 1 is 1.56 bits per heavy atom. The summed E-state index contributed by atoms with van der Waals surface area (Å²) in [5.41, 5.74) is 6.73. The largest absolute Gasteiger partial charge is 0.459 e. The fourth-order valence-electron chi connectivity index (χ4n) is 0.991. The Morgan fingerprint density at radius 2 is 2.31 bits per heavy atom. The molecule has 0 bridgehead atoms. The molecule has 0 saturated carbocycles. The van der Waals surface area contributed by atoms with Crippen molar-refractivity contribution in [1.29, 1.82) is 0 Å². The number of hydrogen-bond donors (Lipinski definition) is 2. The lowest BCUT2D eigenvalue weighted by molar-refractivity contribution is -0.133. The summed E-state index contributed by atoms with van der Waals surface area (Å²) >= 11 is 4.70. The molecule has 3 N–H and O–H groups in total. The molecule has 0 spiro atoms. The van der Waals surface area contributed by atoms with Crippen LogP contribution in [0.1, 0.15) is 5.56 Å². The van der Waals surface area contributed by atoms with Crippen molar-refractivity contribution < 1.29 is 9.53 Å². The fraction of sp³-hybridized carbons (Fsp3) is 0.0909. The van der Waals surface area contributed by atoms with Crippen LogP contribution in [0.5, 0.6) is 0 Å². The average Bonchev–Trinajstić information content (AvgIpc) is 2.25. The number of methoxy groups -OCH3 is 1. The molecule has 1 rings (SSSR count). The van der Waals surface area contributed by atoms with Crippen LogP contribution in [0.4, 0.5) is 5.69 Å². The lowest BCUT2D eigenvalue weighted by Gasteiger charge is -2.02. The lowest BCUT2D eigenvalue weighted by Crippen LogP contribution is -2.18. The molecule has 1 aromatic carbocycles. The number of benzene rings is 1. The van der Waals surface area contributed by atoms with E-state index in [2.05, 4.69) is 21.9 Å². The number of carbonyl (C=O) groups is 1. The summed E-state index contributed by atoms with van der Waals surface area (Å²) in [6, 6.07) is 7.07. The molecule has 82 valence electrons. The van der Waals surface area contributed by atoms with Gasteiger partial charge in [-0.05, 0) is 30.4 Å². The van der Waals surface area contributed by atoms with Crippen molar-refractivity contribution in [2.75, 3.05) is 12.4 Å². The molecule has 0 radical (unpaired) electrons. The second kappa shape index (κ2) is 5.73. The number of ether oxygens (including phenoxy) is 1. The molecule has 0 amide bonds. The normalized spacial score (nSPS) is 8.56. The van der Waals surface area contributed by atoms with Gasteiger partial charge in [-0.15, -0.1) is 0 Å². The van der Waals surface area contributed by atoms with E-state index in [1.165, 1.54) is 7.11 Å². The highest BCUT2D eigenvalue weighted by atomic mass is 32.1. The van der Waals surface area contributed by atoms with Crippen molar-refractivity contribution in [2.24, 2.45) is 5.73 Å². The predicted molar refractivity (Wildman–Crippen MR) is 65.7 cm³/mol. The Labute approximate surface area is 98.8 Å². The van der Waals surface area contributed by atoms with Gasteiger partial charge in [0.2, 0.25) is 0 Å². The Kier molecular flexibility index (Phi) is 4.30. The van der Waals surface area contributed by atoms with E-state index in [-0.39, 0.29) is 5.11 Å². The van der Waals surface area contributed by atoms with Crippen LogP contribution >= 0.6 is 12.2 Å². The first-order valence-corrected chi connectivity index (χ1v) is 4.79. The topological polar surface area (TPSA) is 64.3 Å². The monoisotopic (exact) mass is 234 g/mol. The van der Waals surface area contributed by atoms with Crippen molar-refractivity contribution in [3.63, 3.8) is 0 Å². The third-order valence-corrected chi connectivity index (χ3v) is 1.73. The van der Waals surface area contributed by atoms with Crippen molar-refractivity contribution >= 4 is 29.0 Å². The summed E-state index contributed by atoms with van der Waals surface area (Å²) in [6.07, 6.45) is 0. The van der Waals surface area contributed by atoms with E-state index in [9.17, 15) is 4.79 Å². The maximum absolute atomic E-state index is 10.8. The highest BCUT2D eigenvalue weighted by molar-refractivity contribution is 7.80. The first-order chi connectivity index (χ1) is 7.61. The number of nitrogens with one attached hydrogen (secondary N) is 1. The Bertz CT molecular complexity index is 474. The van der Waals surface area contributed by atoms with Crippen molar-refractivity contribution in [2.45, 2.75) is 0 Å². The van der Waals surface area contributed by atoms with E-state index in [1.54, 1.807) is 24.3 Å². The summed E-state index contributed by atoms with van der Waals surface area (Å²) < 4.78 is 4.40. The molecule has 0 atom stereocenters. The van der Waals surface area contributed by atoms with Crippen LogP contribution in [0.3, 0.4) is 0 Å². The predicted octanol–water partition coefficient (Wildman–Crippen LogP) is 0.867. The zero-order valence-electron chi connectivity index (χ0n) is 8.61. The van der Waals surface area contributed by atoms with E-state index >= 15 is 0 Å². The quantitative estimate of drug-likeness (QED) is 0.429. The maximum atomic E-state index is 10.8. The summed E-state index contributed by atoms with van der Waals surface area (Å²) in [7, 11) is 1.28. The molecule has 0 unspecified atom stereocenters. The Morgan fingerprint density at radius 3 is 2.94 bits per heavy atom. The number of hydrogen-bond acceptors (Lipinski definition) is 3. The summed E-state index contributed by atoms with van der Waals surface area (Å²) in [4.78, 5) is 10.8. The van der Waals surface area contributed by atoms with Crippen LogP contribution < -0.4 is 11.1 Å². The van der Waals surface area contributed by atoms with Crippen LogP contribution in [-0.2, 0) is 9.53 Å². The highest BCUT2D eigenvalue weighted by Gasteiger charge is 1.95. The maximum Gasteiger partial charge on any atom is 0.384 e. The van der Waals surface area contributed by atoms with Gasteiger partial charge in [-0.2, -0.15) is 0 Å². The Hall–Kier alpha value is -2.06. The average molecular weight is 234 g/mol. The molecule has 5 heteroatoms. The standard InChI is InChI=1S/C11H10N2O2S/c1-15-10(14)6-5-8-3-2-4-9(7-8)13-11(12)16/h2-4,7H,1H3,(H3,12,13,16). The van der Waals surface area contributed by atoms with Gasteiger partial charge in [0.05, 0.1) is 7.11 Å². The van der Waals surface area contributed by atoms with E-state index < -0.39 is 5.97 Å². The molecule has 16 heavy (non-hydrogen) atoms. The molecule has 0 aliphatic heterocycles. The second-order valence-electron chi connectivity index (χ2n) is 2.81. The molecule has 4 nitrogen and oxygen atoms in total. The zero-order valence-corrected chi connectivity index (χ0v) is 9.43. The highest BCUT2D eigenvalue weighted by Crippen LogP contribution is 2.09. The number of thiocarbonyl (C=S) groups is 1. The zero-order chi connectivity index (χ0) is 12.0. The molecule has 0 saturated heterocycles. The van der Waals surface area contributed by atoms with E-state index in [0.717, 1.165) is 5.69 Å². The minimum Gasteiger partial charge on any atom is -0.459 e. The van der Waals surface area contributed by atoms with Gasteiger partial charge in [0.1, 0.15) is 0 Å². The van der Waals surface area contributed by atoms with Gasteiger partial charge in [-0.25, -0.2) is 4.79 Å².